The number of benzene rings is 2. The lowest BCUT2D eigenvalue weighted by Crippen LogP contribution is -2.26. The van der Waals surface area contributed by atoms with Crippen LogP contribution in [0, 0.1) is 12.7 Å². The van der Waals surface area contributed by atoms with Crippen LogP contribution < -0.4 is 5.73 Å². The van der Waals surface area contributed by atoms with Gasteiger partial charge in [0.15, 0.2) is 0 Å². The van der Waals surface area contributed by atoms with Crippen molar-refractivity contribution < 1.29 is 4.39 Å². The van der Waals surface area contributed by atoms with E-state index in [4.69, 9.17) is 5.73 Å². The fourth-order valence-electron chi connectivity index (χ4n) is 2.57. The van der Waals surface area contributed by atoms with E-state index in [2.05, 4.69) is 10.2 Å². The molecule has 0 spiro atoms. The topological polar surface area (TPSA) is 50.7 Å². The summed E-state index contributed by atoms with van der Waals surface area (Å²) in [7, 11) is 0. The molecule has 3 rings (SSSR count). The second-order valence-corrected chi connectivity index (χ2v) is 5.23. The highest BCUT2D eigenvalue weighted by molar-refractivity contribution is 6.09. The molecule has 21 heavy (non-hydrogen) atoms. The van der Waals surface area contributed by atoms with Crippen LogP contribution in [-0.4, -0.2) is 11.5 Å². The first-order chi connectivity index (χ1) is 10.1. The molecule has 0 aromatic heterocycles. The molecule has 2 N–H and O–H groups in total. The summed E-state index contributed by atoms with van der Waals surface area (Å²) >= 11 is 0. The van der Waals surface area contributed by atoms with Gasteiger partial charge >= 0.3 is 0 Å². The van der Waals surface area contributed by atoms with Gasteiger partial charge in [-0.05, 0) is 24.6 Å². The molecule has 4 heteroatoms. The molecule has 2 aromatic rings. The van der Waals surface area contributed by atoms with Gasteiger partial charge in [-0.1, -0.05) is 42.0 Å². The van der Waals surface area contributed by atoms with Crippen molar-refractivity contribution in [2.24, 2.45) is 15.9 Å². The van der Waals surface area contributed by atoms with Crippen LogP contribution in [0.4, 0.5) is 4.39 Å². The van der Waals surface area contributed by atoms with E-state index in [0.29, 0.717) is 23.5 Å². The zero-order valence-electron chi connectivity index (χ0n) is 11.8. The maximum absolute atomic E-state index is 14.2. The number of nitrogens with zero attached hydrogens (tertiary/aromatic N) is 2. The van der Waals surface area contributed by atoms with Gasteiger partial charge in [-0.2, -0.15) is 5.10 Å². The summed E-state index contributed by atoms with van der Waals surface area (Å²) < 4.78 is 14.2. The van der Waals surface area contributed by atoms with E-state index in [1.165, 1.54) is 6.07 Å². The lowest BCUT2D eigenvalue weighted by atomic mass is 9.86. The van der Waals surface area contributed by atoms with Gasteiger partial charge in [0, 0.05) is 17.9 Å². The van der Waals surface area contributed by atoms with Crippen LogP contribution in [-0.2, 0) is 0 Å². The SMILES string of the molecule is Cc1ccc(F)c(C2=NN=C(N)CC2c2ccccc2)c1. The smallest absolute Gasteiger partial charge is 0.132 e. The molecule has 0 bridgehead atoms. The molecule has 1 aliphatic heterocycles. The maximum Gasteiger partial charge on any atom is 0.132 e. The maximum atomic E-state index is 14.2. The van der Waals surface area contributed by atoms with E-state index in [-0.39, 0.29) is 11.7 Å². The molecule has 0 radical (unpaired) electrons. The molecular weight excluding hydrogens is 265 g/mol. The van der Waals surface area contributed by atoms with Crippen molar-refractivity contribution in [1.29, 1.82) is 0 Å². The second kappa shape index (κ2) is 5.48. The highest BCUT2D eigenvalue weighted by Crippen LogP contribution is 2.29. The molecule has 0 amide bonds. The predicted octanol–water partition coefficient (Wildman–Crippen LogP) is 3.38. The predicted molar refractivity (Wildman–Crippen MR) is 83.1 cm³/mol. The Morgan fingerprint density at radius 3 is 2.62 bits per heavy atom. The molecule has 1 heterocycles. The molecular formula is C17H16FN3. The summed E-state index contributed by atoms with van der Waals surface area (Å²) in [6, 6.07) is 14.9. The van der Waals surface area contributed by atoms with Crippen molar-refractivity contribution in [3.05, 3.63) is 71.0 Å². The van der Waals surface area contributed by atoms with Gasteiger partial charge in [0.1, 0.15) is 11.7 Å². The summed E-state index contributed by atoms with van der Waals surface area (Å²) in [6.07, 6.45) is 0.552. The second-order valence-electron chi connectivity index (χ2n) is 5.23. The average Bonchev–Trinajstić information content (AvgIpc) is 2.51. The van der Waals surface area contributed by atoms with E-state index in [1.54, 1.807) is 12.1 Å². The number of aryl methyl sites for hydroxylation is 1. The van der Waals surface area contributed by atoms with Crippen LogP contribution in [0.15, 0.2) is 58.7 Å². The number of amidine groups is 1. The van der Waals surface area contributed by atoms with E-state index < -0.39 is 0 Å². The number of hydrogen-bond donors (Lipinski definition) is 1. The Labute approximate surface area is 123 Å². The molecule has 3 nitrogen and oxygen atoms in total. The third-order valence-electron chi connectivity index (χ3n) is 3.63. The Hall–Kier alpha value is -2.49. The standard InChI is InChI=1S/C17H16FN3/c1-11-7-8-15(18)14(9-11)17-13(10-16(19)20-21-17)12-5-3-2-4-6-12/h2-9,13H,10H2,1H3,(H2,19,20). The molecule has 0 saturated carbocycles. The van der Waals surface area contributed by atoms with E-state index in [0.717, 1.165) is 11.1 Å². The van der Waals surface area contributed by atoms with Crippen LogP contribution in [0.5, 0.6) is 0 Å². The molecule has 1 unspecified atom stereocenters. The summed E-state index contributed by atoms with van der Waals surface area (Å²) in [5.41, 5.74) is 9.01. The van der Waals surface area contributed by atoms with Crippen molar-refractivity contribution in [3.63, 3.8) is 0 Å². The van der Waals surface area contributed by atoms with Gasteiger partial charge in [0.05, 0.1) is 5.71 Å². The van der Waals surface area contributed by atoms with Crippen molar-refractivity contribution in [1.82, 2.24) is 0 Å². The normalized spacial score (nSPS) is 18.1. The number of nitrogens with two attached hydrogens (primary N) is 1. The monoisotopic (exact) mass is 281 g/mol. The lowest BCUT2D eigenvalue weighted by molar-refractivity contribution is 0.623. The van der Waals surface area contributed by atoms with Crippen molar-refractivity contribution in [3.8, 4) is 0 Å². The van der Waals surface area contributed by atoms with Gasteiger partial charge in [-0.25, -0.2) is 4.39 Å². The molecule has 0 fully saturated rings. The van der Waals surface area contributed by atoms with Crippen molar-refractivity contribution in [2.75, 3.05) is 0 Å². The Morgan fingerprint density at radius 2 is 1.86 bits per heavy atom. The summed E-state index contributed by atoms with van der Waals surface area (Å²) in [5.74, 6) is 0.122. The molecule has 0 aliphatic carbocycles. The van der Waals surface area contributed by atoms with Gasteiger partial charge in [0.2, 0.25) is 0 Å². The van der Waals surface area contributed by atoms with Crippen molar-refractivity contribution >= 4 is 11.5 Å². The fraction of sp³-hybridized carbons (Fsp3) is 0.176. The Balaban J connectivity index is 2.11. The first-order valence-electron chi connectivity index (χ1n) is 6.86. The first-order valence-corrected chi connectivity index (χ1v) is 6.86. The minimum absolute atomic E-state index is 0.0694. The average molecular weight is 281 g/mol. The van der Waals surface area contributed by atoms with Crippen LogP contribution in [0.2, 0.25) is 0 Å². The number of rotatable bonds is 2. The van der Waals surface area contributed by atoms with E-state index >= 15 is 0 Å². The highest BCUT2D eigenvalue weighted by Gasteiger charge is 2.26. The Bertz CT molecular complexity index is 720. The summed E-state index contributed by atoms with van der Waals surface area (Å²) in [4.78, 5) is 0. The van der Waals surface area contributed by atoms with Crippen molar-refractivity contribution in [2.45, 2.75) is 19.3 Å². The van der Waals surface area contributed by atoms with Gasteiger partial charge in [0.25, 0.3) is 0 Å². The summed E-state index contributed by atoms with van der Waals surface area (Å²) in [6.45, 7) is 1.93. The number of halogens is 1. The lowest BCUT2D eigenvalue weighted by Gasteiger charge is -2.22. The fourth-order valence-corrected chi connectivity index (χ4v) is 2.57. The Morgan fingerprint density at radius 1 is 1.10 bits per heavy atom. The molecule has 0 saturated heterocycles. The molecule has 1 atom stereocenters. The first kappa shape index (κ1) is 13.5. The third-order valence-corrected chi connectivity index (χ3v) is 3.63. The zero-order chi connectivity index (χ0) is 14.8. The molecule has 106 valence electrons. The van der Waals surface area contributed by atoms with Crippen LogP contribution in [0.3, 0.4) is 0 Å². The largest absolute Gasteiger partial charge is 0.386 e. The minimum Gasteiger partial charge on any atom is -0.386 e. The van der Waals surface area contributed by atoms with E-state index in [9.17, 15) is 4.39 Å². The number of hydrogen-bond acceptors (Lipinski definition) is 3. The van der Waals surface area contributed by atoms with Gasteiger partial charge in [-0.3, -0.25) is 0 Å². The quantitative estimate of drug-likeness (QED) is 0.901. The zero-order valence-corrected chi connectivity index (χ0v) is 11.8. The van der Waals surface area contributed by atoms with Crippen LogP contribution in [0.25, 0.3) is 0 Å². The van der Waals surface area contributed by atoms with E-state index in [1.807, 2.05) is 37.3 Å². The third kappa shape index (κ3) is 2.70. The highest BCUT2D eigenvalue weighted by atomic mass is 19.1. The van der Waals surface area contributed by atoms with Gasteiger partial charge in [-0.15, -0.1) is 5.10 Å². The van der Waals surface area contributed by atoms with Gasteiger partial charge < -0.3 is 5.73 Å². The molecule has 1 aliphatic rings. The summed E-state index contributed by atoms with van der Waals surface area (Å²) in [5, 5.41) is 8.13. The van der Waals surface area contributed by atoms with Crippen LogP contribution in [0.1, 0.15) is 29.0 Å². The minimum atomic E-state index is -0.282. The Kier molecular flexibility index (Phi) is 3.52. The van der Waals surface area contributed by atoms with Crippen LogP contribution >= 0.6 is 0 Å². The molecule has 2 aromatic carbocycles.